The van der Waals surface area contributed by atoms with Crippen molar-refractivity contribution in [3.8, 4) is 5.75 Å². The van der Waals surface area contributed by atoms with Crippen molar-refractivity contribution in [2.24, 2.45) is 0 Å². The summed E-state index contributed by atoms with van der Waals surface area (Å²) in [6.45, 7) is 2.75. The maximum atomic E-state index is 13.6. The predicted octanol–water partition coefficient (Wildman–Crippen LogP) is 3.28. The van der Waals surface area contributed by atoms with E-state index in [0.717, 1.165) is 10.9 Å². The Hall–Kier alpha value is -2.66. The summed E-state index contributed by atoms with van der Waals surface area (Å²) in [5.41, 5.74) is 1.93. The molecule has 0 fully saturated rings. The summed E-state index contributed by atoms with van der Waals surface area (Å²) in [6, 6.07) is 11.4. The van der Waals surface area contributed by atoms with Gasteiger partial charge >= 0.3 is 5.63 Å². The van der Waals surface area contributed by atoms with Crippen LogP contribution in [0.3, 0.4) is 0 Å². The second-order valence-electron chi connectivity index (χ2n) is 5.70. The SMILES string of the molecule is Cc1c(O)ccc2c(CNCCc3ccccc3F)cc(=O)oc12. The minimum atomic E-state index is -0.456. The average molecular weight is 327 g/mol. The highest BCUT2D eigenvalue weighted by Gasteiger charge is 2.10. The molecule has 2 aromatic carbocycles. The van der Waals surface area contributed by atoms with Gasteiger partial charge in [-0.15, -0.1) is 0 Å². The first kappa shape index (κ1) is 16.2. The fourth-order valence-electron chi connectivity index (χ4n) is 2.71. The smallest absolute Gasteiger partial charge is 0.336 e. The number of fused-ring (bicyclic) bond motifs is 1. The normalized spacial score (nSPS) is 11.1. The highest BCUT2D eigenvalue weighted by atomic mass is 19.1. The van der Waals surface area contributed by atoms with Crippen LogP contribution in [0.1, 0.15) is 16.7 Å². The molecule has 5 heteroatoms. The number of nitrogens with one attached hydrogen (secondary N) is 1. The van der Waals surface area contributed by atoms with Gasteiger partial charge in [0.2, 0.25) is 0 Å². The van der Waals surface area contributed by atoms with Crippen molar-refractivity contribution in [2.75, 3.05) is 6.54 Å². The van der Waals surface area contributed by atoms with Gasteiger partial charge in [-0.05, 0) is 49.2 Å². The summed E-state index contributed by atoms with van der Waals surface area (Å²) in [7, 11) is 0. The zero-order chi connectivity index (χ0) is 17.1. The van der Waals surface area contributed by atoms with Crippen LogP contribution in [0.25, 0.3) is 11.0 Å². The molecule has 0 aliphatic carbocycles. The van der Waals surface area contributed by atoms with Crippen LogP contribution in [0, 0.1) is 12.7 Å². The molecule has 24 heavy (non-hydrogen) atoms. The van der Waals surface area contributed by atoms with Crippen LogP contribution in [-0.2, 0) is 13.0 Å². The Morgan fingerprint density at radius 1 is 1.17 bits per heavy atom. The van der Waals surface area contributed by atoms with Gasteiger partial charge in [-0.25, -0.2) is 9.18 Å². The Morgan fingerprint density at radius 2 is 1.96 bits per heavy atom. The Balaban J connectivity index is 1.75. The Labute approximate surface area is 138 Å². The van der Waals surface area contributed by atoms with Crippen LogP contribution >= 0.6 is 0 Å². The molecule has 0 atom stereocenters. The number of aromatic hydroxyl groups is 1. The predicted molar refractivity (Wildman–Crippen MR) is 90.7 cm³/mol. The summed E-state index contributed by atoms with van der Waals surface area (Å²) < 4.78 is 18.8. The van der Waals surface area contributed by atoms with Crippen LogP contribution in [0.5, 0.6) is 5.75 Å². The van der Waals surface area contributed by atoms with E-state index in [9.17, 15) is 14.3 Å². The number of phenols is 1. The third-order valence-electron chi connectivity index (χ3n) is 4.06. The van der Waals surface area contributed by atoms with E-state index in [1.54, 1.807) is 31.2 Å². The van der Waals surface area contributed by atoms with Crippen LogP contribution in [0.4, 0.5) is 4.39 Å². The third-order valence-corrected chi connectivity index (χ3v) is 4.06. The largest absolute Gasteiger partial charge is 0.508 e. The second-order valence-corrected chi connectivity index (χ2v) is 5.70. The van der Waals surface area contributed by atoms with Crippen molar-refractivity contribution in [3.05, 3.63) is 75.4 Å². The van der Waals surface area contributed by atoms with Gasteiger partial charge in [0.25, 0.3) is 0 Å². The molecule has 0 saturated heterocycles. The number of phenolic OH excluding ortho intramolecular Hbond substituents is 1. The van der Waals surface area contributed by atoms with Crippen LogP contribution in [-0.4, -0.2) is 11.7 Å². The van der Waals surface area contributed by atoms with Crippen molar-refractivity contribution < 1.29 is 13.9 Å². The zero-order valence-electron chi connectivity index (χ0n) is 13.3. The minimum Gasteiger partial charge on any atom is -0.508 e. The molecule has 1 heterocycles. The fourth-order valence-corrected chi connectivity index (χ4v) is 2.71. The number of halogens is 1. The molecule has 0 spiro atoms. The molecule has 124 valence electrons. The van der Waals surface area contributed by atoms with E-state index in [2.05, 4.69) is 5.32 Å². The summed E-state index contributed by atoms with van der Waals surface area (Å²) in [4.78, 5) is 11.7. The number of hydrogen-bond donors (Lipinski definition) is 2. The molecule has 4 nitrogen and oxygen atoms in total. The van der Waals surface area contributed by atoms with Gasteiger partial charge in [0, 0.05) is 23.6 Å². The first-order valence-corrected chi connectivity index (χ1v) is 7.75. The average Bonchev–Trinajstić information content (AvgIpc) is 2.56. The van der Waals surface area contributed by atoms with Crippen molar-refractivity contribution in [2.45, 2.75) is 19.9 Å². The first-order chi connectivity index (χ1) is 11.6. The maximum absolute atomic E-state index is 13.6. The monoisotopic (exact) mass is 327 g/mol. The molecule has 0 aliphatic heterocycles. The van der Waals surface area contributed by atoms with Crippen molar-refractivity contribution >= 4 is 11.0 Å². The van der Waals surface area contributed by atoms with E-state index in [1.807, 2.05) is 6.07 Å². The first-order valence-electron chi connectivity index (χ1n) is 7.75. The molecule has 0 unspecified atom stereocenters. The lowest BCUT2D eigenvalue weighted by Gasteiger charge is -2.10. The minimum absolute atomic E-state index is 0.0929. The van der Waals surface area contributed by atoms with Crippen molar-refractivity contribution in [1.82, 2.24) is 5.32 Å². The highest BCUT2D eigenvalue weighted by molar-refractivity contribution is 5.84. The zero-order valence-corrected chi connectivity index (χ0v) is 13.3. The van der Waals surface area contributed by atoms with Gasteiger partial charge in [-0.1, -0.05) is 18.2 Å². The molecule has 0 amide bonds. The summed E-state index contributed by atoms with van der Waals surface area (Å²) in [5.74, 6) is -0.119. The standard InChI is InChI=1S/C19H18FNO3/c1-12-17(22)7-6-15-14(10-18(23)24-19(12)15)11-21-9-8-13-4-2-3-5-16(13)20/h2-7,10,21-22H,8-9,11H2,1H3. The van der Waals surface area contributed by atoms with Gasteiger partial charge in [-0.2, -0.15) is 0 Å². The van der Waals surface area contributed by atoms with Crippen LogP contribution < -0.4 is 10.9 Å². The van der Waals surface area contributed by atoms with E-state index in [-0.39, 0.29) is 11.6 Å². The van der Waals surface area contributed by atoms with Gasteiger partial charge in [-0.3, -0.25) is 0 Å². The third kappa shape index (κ3) is 3.31. The van der Waals surface area contributed by atoms with Crippen molar-refractivity contribution in [3.63, 3.8) is 0 Å². The van der Waals surface area contributed by atoms with Gasteiger partial charge in [0.05, 0.1) is 0 Å². The van der Waals surface area contributed by atoms with Gasteiger partial charge in [0.1, 0.15) is 17.1 Å². The number of benzene rings is 2. The quantitative estimate of drug-likeness (QED) is 0.558. The van der Waals surface area contributed by atoms with Crippen LogP contribution in [0.2, 0.25) is 0 Å². The molecular weight excluding hydrogens is 309 g/mol. The lowest BCUT2D eigenvalue weighted by atomic mass is 10.1. The highest BCUT2D eigenvalue weighted by Crippen LogP contribution is 2.27. The second kappa shape index (κ2) is 6.84. The maximum Gasteiger partial charge on any atom is 0.336 e. The number of rotatable bonds is 5. The van der Waals surface area contributed by atoms with E-state index >= 15 is 0 Å². The Bertz CT molecular complexity index is 934. The number of aryl methyl sites for hydroxylation is 1. The van der Waals surface area contributed by atoms with Crippen molar-refractivity contribution in [1.29, 1.82) is 0 Å². The van der Waals surface area contributed by atoms with Gasteiger partial charge in [0.15, 0.2) is 0 Å². The van der Waals surface area contributed by atoms with E-state index in [1.165, 1.54) is 12.1 Å². The summed E-state index contributed by atoms with van der Waals surface area (Å²) in [6.07, 6.45) is 0.561. The molecule has 1 aromatic heterocycles. The Morgan fingerprint density at radius 3 is 2.75 bits per heavy atom. The Kier molecular flexibility index (Phi) is 4.62. The molecule has 3 rings (SSSR count). The molecule has 3 aromatic rings. The van der Waals surface area contributed by atoms with E-state index in [0.29, 0.717) is 36.2 Å². The molecule has 0 bridgehead atoms. The molecule has 0 aliphatic rings. The van der Waals surface area contributed by atoms with E-state index < -0.39 is 5.63 Å². The fraction of sp³-hybridized carbons (Fsp3) is 0.211. The summed E-state index contributed by atoms with van der Waals surface area (Å²) >= 11 is 0. The van der Waals surface area contributed by atoms with Crippen LogP contribution in [0.15, 0.2) is 51.7 Å². The molecule has 0 radical (unpaired) electrons. The number of hydrogen-bond acceptors (Lipinski definition) is 4. The molecule has 0 saturated carbocycles. The molecular formula is C19H18FNO3. The van der Waals surface area contributed by atoms with E-state index in [4.69, 9.17) is 4.42 Å². The topological polar surface area (TPSA) is 62.5 Å². The molecule has 2 N–H and O–H groups in total. The lowest BCUT2D eigenvalue weighted by molar-refractivity contribution is 0.468. The van der Waals surface area contributed by atoms with Gasteiger partial charge < -0.3 is 14.8 Å². The summed E-state index contributed by atoms with van der Waals surface area (Å²) in [5, 5.41) is 13.8. The lowest BCUT2D eigenvalue weighted by Crippen LogP contribution is -2.18.